The predicted molar refractivity (Wildman–Crippen MR) is 147 cm³/mol. The second-order valence-corrected chi connectivity index (χ2v) is 18.8. The van der Waals surface area contributed by atoms with Crippen LogP contribution in [0.25, 0.3) is 0 Å². The number of ether oxygens (including phenoxy) is 2. The van der Waals surface area contributed by atoms with E-state index in [1.165, 1.54) is 12.5 Å². The fraction of sp³-hybridized carbons (Fsp3) is 0.867. The van der Waals surface area contributed by atoms with E-state index in [0.717, 1.165) is 58.0 Å². The molecule has 0 aliphatic heterocycles. The van der Waals surface area contributed by atoms with E-state index in [1.54, 1.807) is 6.92 Å². The van der Waals surface area contributed by atoms with Crippen molar-refractivity contribution in [1.82, 2.24) is 0 Å². The number of allylic oxidation sites excluding steroid dienone is 1. The van der Waals surface area contributed by atoms with Crippen LogP contribution in [-0.4, -0.2) is 39.1 Å². The zero-order chi connectivity index (χ0) is 27.1. The van der Waals surface area contributed by atoms with Crippen molar-refractivity contribution in [2.24, 2.45) is 28.6 Å². The van der Waals surface area contributed by atoms with Gasteiger partial charge in [0.2, 0.25) is 0 Å². The fourth-order valence-electron chi connectivity index (χ4n) is 7.38. The van der Waals surface area contributed by atoms with Crippen LogP contribution < -0.4 is 0 Å². The van der Waals surface area contributed by atoms with Crippen molar-refractivity contribution in [2.45, 2.75) is 130 Å². The molecule has 0 unspecified atom stereocenters. The Morgan fingerprint density at radius 2 is 1.64 bits per heavy atom. The molecule has 0 bridgehead atoms. The largest absolute Gasteiger partial charge is 0.463 e. The third kappa shape index (κ3) is 5.79. The van der Waals surface area contributed by atoms with Crippen molar-refractivity contribution in [3.8, 4) is 0 Å². The number of hydrogen-bond donors (Lipinski definition) is 0. The smallest absolute Gasteiger partial charge is 0.302 e. The van der Waals surface area contributed by atoms with Gasteiger partial charge < -0.3 is 13.9 Å². The van der Waals surface area contributed by atoms with Crippen LogP contribution in [0.3, 0.4) is 0 Å². The Labute approximate surface area is 221 Å². The highest BCUT2D eigenvalue weighted by molar-refractivity contribution is 6.74. The van der Waals surface area contributed by atoms with Crippen LogP contribution in [-0.2, 0) is 23.5 Å². The first-order chi connectivity index (χ1) is 16.5. The van der Waals surface area contributed by atoms with Gasteiger partial charge in [0.05, 0.1) is 0 Å². The lowest BCUT2D eigenvalue weighted by molar-refractivity contribution is -0.177. The van der Waals surface area contributed by atoms with Gasteiger partial charge in [0, 0.05) is 32.3 Å². The van der Waals surface area contributed by atoms with Gasteiger partial charge in [0.1, 0.15) is 12.2 Å². The van der Waals surface area contributed by atoms with Crippen molar-refractivity contribution in [2.75, 3.05) is 6.61 Å². The molecule has 0 aromatic rings. The number of carbonyl (C=O) groups excluding carboxylic acids is 2. The summed E-state index contributed by atoms with van der Waals surface area (Å²) in [6, 6.07) is 0. The van der Waals surface area contributed by atoms with E-state index in [2.05, 4.69) is 54.3 Å². The topological polar surface area (TPSA) is 61.8 Å². The quantitative estimate of drug-likeness (QED) is 0.198. The van der Waals surface area contributed by atoms with E-state index in [0.29, 0.717) is 17.8 Å². The third-order valence-electron chi connectivity index (χ3n) is 10.9. The molecule has 0 aromatic carbocycles. The molecular weight excluding hydrogens is 468 g/mol. The molecule has 6 heteroatoms. The monoisotopic (exact) mass is 520 g/mol. The standard InChI is InChI=1S/C30H52O5Si/c1-20-11-12-25-27(35-22(3)32)26(14-17-29(20,25)7)30(8)16-13-24(34-21(2)31)19-23(30)15-18-33-36(9,10)28(4,5)6/h23-27H,1,11-19H2,2-10H3/t23-,24-,25-,26-,27-,29+,30-/m0/s1. The van der Waals surface area contributed by atoms with Crippen molar-refractivity contribution in [3.63, 3.8) is 0 Å². The Balaban J connectivity index is 1.88. The average molecular weight is 521 g/mol. The molecular formula is C30H52O5Si. The van der Waals surface area contributed by atoms with E-state index in [4.69, 9.17) is 13.9 Å². The minimum Gasteiger partial charge on any atom is -0.463 e. The summed E-state index contributed by atoms with van der Waals surface area (Å²) >= 11 is 0. The maximum atomic E-state index is 12.3. The maximum absolute atomic E-state index is 12.3. The Hall–Kier alpha value is -1.14. The SMILES string of the molecule is C=C1CC[C@H]2[C@H](OC(C)=O)[C@@H]([C@@]3(C)CC[C@H](OC(C)=O)C[C@@H]3CCO[Si](C)(C)C(C)(C)C)CC[C@]12C. The average Bonchev–Trinajstić information content (AvgIpc) is 3.04. The molecule has 3 aliphatic rings. The summed E-state index contributed by atoms with van der Waals surface area (Å²) < 4.78 is 18.5. The summed E-state index contributed by atoms with van der Waals surface area (Å²) in [6.45, 7) is 24.4. The highest BCUT2D eigenvalue weighted by atomic mass is 28.4. The van der Waals surface area contributed by atoms with Crippen LogP contribution in [0.4, 0.5) is 0 Å². The van der Waals surface area contributed by atoms with Gasteiger partial charge in [-0.05, 0) is 86.2 Å². The van der Waals surface area contributed by atoms with E-state index in [1.807, 2.05) is 0 Å². The Bertz CT molecular complexity index is 845. The van der Waals surface area contributed by atoms with Gasteiger partial charge >= 0.3 is 11.9 Å². The molecule has 0 saturated heterocycles. The van der Waals surface area contributed by atoms with E-state index in [9.17, 15) is 9.59 Å². The van der Waals surface area contributed by atoms with Crippen molar-refractivity contribution in [3.05, 3.63) is 12.2 Å². The number of fused-ring (bicyclic) bond motifs is 1. The molecule has 3 saturated carbocycles. The van der Waals surface area contributed by atoms with Gasteiger partial charge in [-0.2, -0.15) is 0 Å². The Morgan fingerprint density at radius 1 is 1.00 bits per heavy atom. The van der Waals surface area contributed by atoms with Gasteiger partial charge in [-0.3, -0.25) is 9.59 Å². The van der Waals surface area contributed by atoms with Crippen LogP contribution in [0.2, 0.25) is 18.1 Å². The maximum Gasteiger partial charge on any atom is 0.302 e. The minimum absolute atomic E-state index is 0.00118. The minimum atomic E-state index is -1.85. The van der Waals surface area contributed by atoms with Crippen molar-refractivity contribution >= 4 is 20.3 Å². The summed E-state index contributed by atoms with van der Waals surface area (Å²) in [5.74, 6) is 0.594. The van der Waals surface area contributed by atoms with Gasteiger partial charge in [-0.15, -0.1) is 0 Å². The van der Waals surface area contributed by atoms with Crippen molar-refractivity contribution < 1.29 is 23.5 Å². The molecule has 3 fully saturated rings. The fourth-order valence-corrected chi connectivity index (χ4v) is 8.44. The highest BCUT2D eigenvalue weighted by Gasteiger charge is 2.58. The normalized spacial score (nSPS) is 37.4. The zero-order valence-corrected chi connectivity index (χ0v) is 25.5. The molecule has 0 aromatic heterocycles. The summed E-state index contributed by atoms with van der Waals surface area (Å²) in [7, 11) is -1.85. The van der Waals surface area contributed by atoms with Crippen LogP contribution in [0.15, 0.2) is 12.2 Å². The van der Waals surface area contributed by atoms with Crippen LogP contribution in [0.1, 0.15) is 99.8 Å². The number of esters is 2. The zero-order valence-electron chi connectivity index (χ0n) is 24.5. The molecule has 206 valence electrons. The van der Waals surface area contributed by atoms with Crippen molar-refractivity contribution in [1.29, 1.82) is 0 Å². The lowest BCUT2D eigenvalue weighted by Crippen LogP contribution is -2.54. The molecule has 3 rings (SSSR count). The second kappa shape index (κ2) is 10.6. The molecule has 5 nitrogen and oxygen atoms in total. The number of rotatable bonds is 7. The van der Waals surface area contributed by atoms with Crippen LogP contribution in [0, 0.1) is 28.6 Å². The molecule has 3 aliphatic carbocycles. The number of hydrogen-bond acceptors (Lipinski definition) is 5. The first-order valence-corrected chi connectivity index (χ1v) is 17.1. The second-order valence-electron chi connectivity index (χ2n) is 14.0. The molecule has 0 amide bonds. The van der Waals surface area contributed by atoms with Gasteiger partial charge in [0.15, 0.2) is 8.32 Å². The Kier molecular flexibility index (Phi) is 8.62. The van der Waals surface area contributed by atoms with Crippen LogP contribution in [0.5, 0.6) is 0 Å². The van der Waals surface area contributed by atoms with E-state index >= 15 is 0 Å². The molecule has 36 heavy (non-hydrogen) atoms. The van der Waals surface area contributed by atoms with Gasteiger partial charge in [0.25, 0.3) is 0 Å². The molecule has 0 heterocycles. The lowest BCUT2D eigenvalue weighted by atomic mass is 9.51. The van der Waals surface area contributed by atoms with Crippen LogP contribution >= 0.6 is 0 Å². The summed E-state index contributed by atoms with van der Waals surface area (Å²) in [5.41, 5.74) is 1.38. The number of carbonyl (C=O) groups is 2. The summed E-state index contributed by atoms with van der Waals surface area (Å²) in [4.78, 5) is 24.1. The first-order valence-electron chi connectivity index (χ1n) is 14.2. The summed E-state index contributed by atoms with van der Waals surface area (Å²) in [6.07, 6.45) is 7.74. The first kappa shape index (κ1) is 29.4. The molecule has 0 N–H and O–H groups in total. The van der Waals surface area contributed by atoms with Gasteiger partial charge in [-0.25, -0.2) is 0 Å². The third-order valence-corrected chi connectivity index (χ3v) is 15.4. The molecule has 0 spiro atoms. The molecule has 0 radical (unpaired) electrons. The van der Waals surface area contributed by atoms with E-state index < -0.39 is 8.32 Å². The lowest BCUT2D eigenvalue weighted by Gasteiger charge is -2.56. The van der Waals surface area contributed by atoms with E-state index in [-0.39, 0.29) is 40.0 Å². The highest BCUT2D eigenvalue weighted by Crippen LogP contribution is 2.62. The summed E-state index contributed by atoms with van der Waals surface area (Å²) in [5, 5.41) is 0.169. The van der Waals surface area contributed by atoms with Gasteiger partial charge in [-0.1, -0.05) is 46.8 Å². The predicted octanol–water partition coefficient (Wildman–Crippen LogP) is 7.45. The molecule has 7 atom stereocenters. The Morgan fingerprint density at radius 3 is 2.22 bits per heavy atom.